The van der Waals surface area contributed by atoms with Crippen molar-refractivity contribution in [1.82, 2.24) is 0 Å². The lowest BCUT2D eigenvalue weighted by Crippen LogP contribution is -2.21. The lowest BCUT2D eigenvalue weighted by Gasteiger charge is -2.07. The zero-order chi connectivity index (χ0) is 4.15. The van der Waals surface area contributed by atoms with Crippen LogP contribution in [0.25, 0.3) is 0 Å². The van der Waals surface area contributed by atoms with Crippen molar-refractivity contribution >= 4 is 0 Å². The van der Waals surface area contributed by atoms with Gasteiger partial charge in [0.25, 0.3) is 0 Å². The monoisotopic (exact) mass is 81.1 g/mol. The molecule has 0 aliphatic heterocycles. The van der Waals surface area contributed by atoms with Gasteiger partial charge in [0.2, 0.25) is 0 Å². The molecule has 0 bridgehead atoms. The molecule has 0 aromatic rings. The van der Waals surface area contributed by atoms with E-state index >= 15 is 0 Å². The van der Waals surface area contributed by atoms with Crippen molar-refractivity contribution in [2.75, 3.05) is 0 Å². The van der Waals surface area contributed by atoms with Crippen LogP contribution in [0.4, 0.5) is 0 Å². The van der Waals surface area contributed by atoms with E-state index in [9.17, 15) is 0 Å². The lowest BCUT2D eigenvalue weighted by atomic mass is 10.1. The Bertz CT molecular complexity index is 124. The molecular formula is C5H7N. The predicted molar refractivity (Wildman–Crippen MR) is 24.2 cm³/mol. The van der Waals surface area contributed by atoms with Gasteiger partial charge in [0.1, 0.15) is 0 Å². The second-order valence-corrected chi connectivity index (χ2v) is 2.12. The first-order valence-electron chi connectivity index (χ1n) is 2.34. The van der Waals surface area contributed by atoms with Crippen LogP contribution in [0, 0.1) is 0 Å². The molecule has 0 saturated carbocycles. The molecule has 0 radical (unpaired) electrons. The molecule has 32 valence electrons. The van der Waals surface area contributed by atoms with E-state index in [2.05, 4.69) is 0 Å². The summed E-state index contributed by atoms with van der Waals surface area (Å²) in [6, 6.07) is 0.486. The summed E-state index contributed by atoms with van der Waals surface area (Å²) in [6.45, 7) is 0. The van der Waals surface area contributed by atoms with E-state index in [-0.39, 0.29) is 0 Å². The molecule has 2 aliphatic carbocycles. The average molecular weight is 81.1 g/mol. The minimum absolute atomic E-state index is 0.486. The van der Waals surface area contributed by atoms with Gasteiger partial charge in [0.05, 0.1) is 0 Å². The Labute approximate surface area is 36.8 Å². The molecule has 2 rings (SSSR count). The molecule has 2 N–H and O–H groups in total. The topological polar surface area (TPSA) is 26.0 Å². The summed E-state index contributed by atoms with van der Waals surface area (Å²) in [4.78, 5) is 0. The van der Waals surface area contributed by atoms with Crippen molar-refractivity contribution in [2.45, 2.75) is 18.9 Å². The van der Waals surface area contributed by atoms with Crippen molar-refractivity contribution in [3.8, 4) is 0 Å². The van der Waals surface area contributed by atoms with E-state index in [1.807, 2.05) is 0 Å². The summed E-state index contributed by atoms with van der Waals surface area (Å²) in [7, 11) is 0. The molecule has 0 aromatic heterocycles. The van der Waals surface area contributed by atoms with Crippen LogP contribution in [-0.2, 0) is 0 Å². The highest BCUT2D eigenvalue weighted by molar-refractivity contribution is 5.48. The number of hydrogen-bond donors (Lipinski definition) is 1. The van der Waals surface area contributed by atoms with Gasteiger partial charge in [-0.2, -0.15) is 0 Å². The van der Waals surface area contributed by atoms with Gasteiger partial charge in [-0.05, 0) is 18.4 Å². The standard InChI is InChI=1S/C5H7N/c6-5-2-3-1-4(3)5/h5H,1-2,6H2. The maximum Gasteiger partial charge on any atom is 0.0297 e. The van der Waals surface area contributed by atoms with Crippen molar-refractivity contribution in [3.63, 3.8) is 0 Å². The molecule has 0 heterocycles. The third kappa shape index (κ3) is 0.144. The highest BCUT2D eigenvalue weighted by Crippen LogP contribution is 2.47. The van der Waals surface area contributed by atoms with Gasteiger partial charge in [0.15, 0.2) is 0 Å². The molecule has 0 fully saturated rings. The zero-order valence-electron chi connectivity index (χ0n) is 3.57. The average Bonchev–Trinajstić information content (AvgIpc) is 2.12. The van der Waals surface area contributed by atoms with E-state index in [0.29, 0.717) is 6.04 Å². The smallest absolute Gasteiger partial charge is 0.0297 e. The van der Waals surface area contributed by atoms with Crippen molar-refractivity contribution in [3.05, 3.63) is 11.1 Å². The maximum atomic E-state index is 5.51. The van der Waals surface area contributed by atoms with E-state index in [4.69, 9.17) is 5.73 Å². The fourth-order valence-electron chi connectivity index (χ4n) is 1.04. The number of hydrogen-bond acceptors (Lipinski definition) is 1. The first-order valence-corrected chi connectivity index (χ1v) is 2.34. The lowest BCUT2D eigenvalue weighted by molar-refractivity contribution is 0.769. The van der Waals surface area contributed by atoms with E-state index in [0.717, 1.165) is 0 Å². The third-order valence-corrected chi connectivity index (χ3v) is 1.65. The Balaban J connectivity index is 2.32. The third-order valence-electron chi connectivity index (χ3n) is 1.65. The number of rotatable bonds is 0. The highest BCUT2D eigenvalue weighted by Gasteiger charge is 2.36. The van der Waals surface area contributed by atoms with Gasteiger partial charge in [-0.25, -0.2) is 0 Å². The number of nitrogens with two attached hydrogens (primary N) is 1. The zero-order valence-corrected chi connectivity index (χ0v) is 3.57. The summed E-state index contributed by atoms with van der Waals surface area (Å²) in [5.74, 6) is 0. The summed E-state index contributed by atoms with van der Waals surface area (Å²) >= 11 is 0. The summed E-state index contributed by atoms with van der Waals surface area (Å²) < 4.78 is 0. The molecule has 1 heteroatoms. The minimum atomic E-state index is 0.486. The van der Waals surface area contributed by atoms with Gasteiger partial charge in [0, 0.05) is 6.04 Å². The molecule has 6 heavy (non-hydrogen) atoms. The van der Waals surface area contributed by atoms with Gasteiger partial charge in [-0.3, -0.25) is 0 Å². The Hall–Kier alpha value is -0.300. The van der Waals surface area contributed by atoms with Gasteiger partial charge in [-0.1, -0.05) is 5.57 Å². The minimum Gasteiger partial charge on any atom is -0.324 e. The fraction of sp³-hybridized carbons (Fsp3) is 0.600. The van der Waals surface area contributed by atoms with E-state index in [1.165, 1.54) is 12.8 Å². The van der Waals surface area contributed by atoms with Gasteiger partial charge in [-0.15, -0.1) is 0 Å². The van der Waals surface area contributed by atoms with Crippen LogP contribution >= 0.6 is 0 Å². The van der Waals surface area contributed by atoms with Crippen LogP contribution in [0.3, 0.4) is 0 Å². The van der Waals surface area contributed by atoms with Crippen LogP contribution in [0.1, 0.15) is 12.8 Å². The maximum absolute atomic E-state index is 5.51. The Kier molecular flexibility index (Phi) is 0.263. The SMILES string of the molecule is NC1CC2=C1C2. The van der Waals surface area contributed by atoms with E-state index in [1.54, 1.807) is 11.1 Å². The normalized spacial score (nSPS) is 38.5. The molecule has 0 spiro atoms. The van der Waals surface area contributed by atoms with Crippen LogP contribution in [0.15, 0.2) is 11.1 Å². The highest BCUT2D eigenvalue weighted by atomic mass is 14.7. The van der Waals surface area contributed by atoms with E-state index < -0.39 is 0 Å². The first-order chi connectivity index (χ1) is 2.88. The van der Waals surface area contributed by atoms with Crippen LogP contribution in [0.5, 0.6) is 0 Å². The molecule has 0 aromatic carbocycles. The Morgan fingerprint density at radius 3 is 2.50 bits per heavy atom. The molecule has 0 saturated heterocycles. The molecular weight excluding hydrogens is 74.1 g/mol. The molecule has 1 atom stereocenters. The second kappa shape index (κ2) is 0.562. The van der Waals surface area contributed by atoms with Gasteiger partial charge >= 0.3 is 0 Å². The van der Waals surface area contributed by atoms with Crippen molar-refractivity contribution in [1.29, 1.82) is 0 Å². The molecule has 1 nitrogen and oxygen atoms in total. The summed E-state index contributed by atoms with van der Waals surface area (Å²) in [5, 5.41) is 0. The Morgan fingerprint density at radius 2 is 2.50 bits per heavy atom. The summed E-state index contributed by atoms with van der Waals surface area (Å²) in [5.41, 5.74) is 8.70. The molecule has 1 unspecified atom stereocenters. The van der Waals surface area contributed by atoms with Crippen molar-refractivity contribution in [2.24, 2.45) is 5.73 Å². The quantitative estimate of drug-likeness (QED) is 0.420. The van der Waals surface area contributed by atoms with Crippen LogP contribution in [-0.4, -0.2) is 6.04 Å². The largest absolute Gasteiger partial charge is 0.324 e. The molecule has 0 amide bonds. The first kappa shape index (κ1) is 2.80. The molecule has 2 aliphatic rings. The van der Waals surface area contributed by atoms with Crippen LogP contribution < -0.4 is 5.73 Å². The summed E-state index contributed by atoms with van der Waals surface area (Å²) in [6.07, 6.45) is 2.48. The second-order valence-electron chi connectivity index (χ2n) is 2.12. The van der Waals surface area contributed by atoms with Gasteiger partial charge < -0.3 is 5.73 Å². The van der Waals surface area contributed by atoms with Crippen LogP contribution in [0.2, 0.25) is 0 Å². The Morgan fingerprint density at radius 1 is 1.67 bits per heavy atom. The van der Waals surface area contributed by atoms with Crippen molar-refractivity contribution < 1.29 is 0 Å². The predicted octanol–water partition coefficient (Wildman–Crippen LogP) is 0.418. The fourth-order valence-corrected chi connectivity index (χ4v) is 1.04.